The Morgan fingerprint density at radius 1 is 1.68 bits per heavy atom. The third-order valence-electron chi connectivity index (χ3n) is 2.50. The first-order valence-corrected chi connectivity index (χ1v) is 5.44. The number of azide groups is 1. The van der Waals surface area contributed by atoms with E-state index in [4.69, 9.17) is 17.1 Å². The summed E-state index contributed by atoms with van der Waals surface area (Å²) >= 11 is 5.60. The molecule has 19 heavy (non-hydrogen) atoms. The predicted octanol–water partition coefficient (Wildman–Crippen LogP) is 1.66. The van der Waals surface area contributed by atoms with Crippen molar-refractivity contribution in [2.45, 2.75) is 19.1 Å². The van der Waals surface area contributed by atoms with Gasteiger partial charge in [-0.05, 0) is 12.5 Å². The van der Waals surface area contributed by atoms with Gasteiger partial charge in [0.1, 0.15) is 6.10 Å². The van der Waals surface area contributed by atoms with Gasteiger partial charge in [-0.1, -0.05) is 16.7 Å². The normalized spacial score (nSPS) is 13.5. The Morgan fingerprint density at radius 2 is 2.32 bits per heavy atom. The fourth-order valence-corrected chi connectivity index (χ4v) is 1.77. The summed E-state index contributed by atoms with van der Waals surface area (Å²) in [5.41, 5.74) is 7.83. The zero-order chi connectivity index (χ0) is 14.6. The molecule has 1 aromatic heterocycles. The van der Waals surface area contributed by atoms with Crippen LogP contribution in [0.3, 0.4) is 0 Å². The van der Waals surface area contributed by atoms with Crippen molar-refractivity contribution in [3.05, 3.63) is 43.0 Å². The number of nitrogens with zero attached hydrogens (tertiary/aromatic N) is 5. The number of aliphatic hydroxyl groups is 2. The lowest BCUT2D eigenvalue weighted by atomic mass is 10.0. The molecule has 102 valence electrons. The molecular formula is C9H10ClN5O4. The van der Waals surface area contributed by atoms with Crippen LogP contribution in [0.25, 0.3) is 10.4 Å². The summed E-state index contributed by atoms with van der Waals surface area (Å²) in [5, 5.41) is 33.1. The van der Waals surface area contributed by atoms with Crippen LogP contribution in [0.15, 0.2) is 11.3 Å². The maximum absolute atomic E-state index is 10.8. The molecule has 0 aliphatic carbocycles. The van der Waals surface area contributed by atoms with Crippen molar-refractivity contribution in [3.63, 3.8) is 0 Å². The highest BCUT2D eigenvalue weighted by Gasteiger charge is 2.27. The number of rotatable bonds is 5. The molecule has 10 heteroatoms. The van der Waals surface area contributed by atoms with E-state index < -0.39 is 22.8 Å². The Morgan fingerprint density at radius 3 is 2.84 bits per heavy atom. The second kappa shape index (κ2) is 6.30. The highest BCUT2D eigenvalue weighted by atomic mass is 35.5. The lowest BCUT2D eigenvalue weighted by molar-refractivity contribution is -0.385. The van der Waals surface area contributed by atoms with Gasteiger partial charge < -0.3 is 10.2 Å². The van der Waals surface area contributed by atoms with Crippen LogP contribution in [-0.2, 0) is 0 Å². The van der Waals surface area contributed by atoms with Gasteiger partial charge in [-0.2, -0.15) is 0 Å². The first kappa shape index (κ1) is 15.1. The molecule has 0 fully saturated rings. The van der Waals surface area contributed by atoms with Crippen molar-refractivity contribution < 1.29 is 15.1 Å². The van der Waals surface area contributed by atoms with Gasteiger partial charge in [0, 0.05) is 22.2 Å². The van der Waals surface area contributed by atoms with Crippen molar-refractivity contribution in [1.82, 2.24) is 4.98 Å². The van der Waals surface area contributed by atoms with E-state index in [1.54, 1.807) is 0 Å². The van der Waals surface area contributed by atoms with Crippen molar-refractivity contribution in [2.24, 2.45) is 5.11 Å². The second-order valence-electron chi connectivity index (χ2n) is 3.66. The van der Waals surface area contributed by atoms with Crippen molar-refractivity contribution in [3.8, 4) is 0 Å². The molecule has 1 heterocycles. The van der Waals surface area contributed by atoms with Gasteiger partial charge in [0.25, 0.3) is 0 Å². The maximum atomic E-state index is 10.8. The number of aliphatic hydroxyl groups excluding tert-OH is 2. The van der Waals surface area contributed by atoms with E-state index in [1.165, 1.54) is 6.92 Å². The SMILES string of the molecule is Cc1c(C(O)C(O)CN=[N+]=[N-])cnc(Cl)c1[N+](=O)[O-]. The van der Waals surface area contributed by atoms with E-state index in [-0.39, 0.29) is 22.8 Å². The third-order valence-corrected chi connectivity index (χ3v) is 2.77. The van der Waals surface area contributed by atoms with Gasteiger partial charge in [0.15, 0.2) is 0 Å². The van der Waals surface area contributed by atoms with Gasteiger partial charge in [0.05, 0.1) is 17.6 Å². The number of nitro groups is 1. The number of pyridine rings is 1. The summed E-state index contributed by atoms with van der Waals surface area (Å²) in [6.45, 7) is 1.01. The molecular weight excluding hydrogens is 278 g/mol. The fraction of sp³-hybridized carbons (Fsp3) is 0.444. The molecule has 0 aliphatic rings. The first-order valence-electron chi connectivity index (χ1n) is 5.06. The van der Waals surface area contributed by atoms with Gasteiger partial charge in [-0.3, -0.25) is 10.1 Å². The molecule has 0 aromatic carbocycles. The molecule has 0 saturated carbocycles. The van der Waals surface area contributed by atoms with Crippen LogP contribution in [0.4, 0.5) is 5.69 Å². The van der Waals surface area contributed by atoms with E-state index in [9.17, 15) is 20.3 Å². The Kier molecular flexibility index (Phi) is 5.02. The lowest BCUT2D eigenvalue weighted by Gasteiger charge is -2.17. The second-order valence-corrected chi connectivity index (χ2v) is 4.02. The minimum atomic E-state index is -1.46. The third kappa shape index (κ3) is 3.30. The van der Waals surface area contributed by atoms with E-state index in [1.807, 2.05) is 0 Å². The van der Waals surface area contributed by atoms with Crippen LogP contribution in [0.5, 0.6) is 0 Å². The molecule has 9 nitrogen and oxygen atoms in total. The molecule has 1 aromatic rings. The molecule has 2 atom stereocenters. The van der Waals surface area contributed by atoms with Gasteiger partial charge >= 0.3 is 5.69 Å². The van der Waals surface area contributed by atoms with Crippen molar-refractivity contribution >= 4 is 17.3 Å². The van der Waals surface area contributed by atoms with Gasteiger partial charge in [-0.15, -0.1) is 0 Å². The van der Waals surface area contributed by atoms with E-state index in [0.717, 1.165) is 6.20 Å². The number of hydrogen-bond donors (Lipinski definition) is 2. The molecule has 2 N–H and O–H groups in total. The summed E-state index contributed by atoms with van der Waals surface area (Å²) in [4.78, 5) is 16.1. The number of halogens is 1. The van der Waals surface area contributed by atoms with Crippen LogP contribution in [0, 0.1) is 17.0 Å². The standard InChI is InChI=1S/C9H10ClN5O4/c1-4-5(8(17)6(16)3-13-14-11)2-12-9(10)7(4)15(18)19/h2,6,8,16-17H,3H2,1H3. The van der Waals surface area contributed by atoms with Crippen LogP contribution >= 0.6 is 11.6 Å². The van der Waals surface area contributed by atoms with E-state index >= 15 is 0 Å². The summed E-state index contributed by atoms with van der Waals surface area (Å²) in [5.74, 6) is 0. The fourth-order valence-electron chi connectivity index (χ4n) is 1.51. The van der Waals surface area contributed by atoms with Crippen LogP contribution in [-0.4, -0.2) is 32.8 Å². The zero-order valence-corrected chi connectivity index (χ0v) is 10.5. The summed E-state index contributed by atoms with van der Waals surface area (Å²) in [7, 11) is 0. The van der Waals surface area contributed by atoms with Crippen molar-refractivity contribution in [1.29, 1.82) is 0 Å². The highest BCUT2D eigenvalue weighted by Crippen LogP contribution is 2.32. The largest absolute Gasteiger partial charge is 0.390 e. The highest BCUT2D eigenvalue weighted by molar-refractivity contribution is 6.31. The minimum absolute atomic E-state index is 0.0525. The molecule has 0 radical (unpaired) electrons. The van der Waals surface area contributed by atoms with E-state index in [0.29, 0.717) is 0 Å². The number of hydrogen-bond acceptors (Lipinski definition) is 6. The Bertz CT molecular complexity index is 546. The Hall–Kier alpha value is -1.93. The van der Waals surface area contributed by atoms with Gasteiger partial charge in [-0.25, -0.2) is 4.98 Å². The molecule has 0 aliphatic heterocycles. The lowest BCUT2D eigenvalue weighted by Crippen LogP contribution is -2.22. The first-order chi connectivity index (χ1) is 8.90. The van der Waals surface area contributed by atoms with Crippen LogP contribution in [0.1, 0.15) is 17.2 Å². The van der Waals surface area contributed by atoms with Crippen molar-refractivity contribution in [2.75, 3.05) is 6.54 Å². The molecule has 0 bridgehead atoms. The molecule has 1 rings (SSSR count). The molecule has 0 saturated heterocycles. The van der Waals surface area contributed by atoms with Crippen LogP contribution < -0.4 is 0 Å². The topological polar surface area (TPSA) is 145 Å². The van der Waals surface area contributed by atoms with E-state index in [2.05, 4.69) is 15.0 Å². The maximum Gasteiger partial charge on any atom is 0.309 e. The van der Waals surface area contributed by atoms with Gasteiger partial charge in [0.2, 0.25) is 5.15 Å². The minimum Gasteiger partial charge on any atom is -0.390 e. The predicted molar refractivity (Wildman–Crippen MR) is 65.6 cm³/mol. The summed E-state index contributed by atoms with van der Waals surface area (Å²) < 4.78 is 0. The summed E-state index contributed by atoms with van der Waals surface area (Å²) in [6.07, 6.45) is -1.72. The number of aromatic nitrogens is 1. The smallest absolute Gasteiger partial charge is 0.309 e. The zero-order valence-electron chi connectivity index (χ0n) is 9.76. The quantitative estimate of drug-likeness (QED) is 0.211. The molecule has 0 amide bonds. The monoisotopic (exact) mass is 287 g/mol. The average Bonchev–Trinajstić information content (AvgIpc) is 2.34. The molecule has 2 unspecified atom stereocenters. The Labute approximate surface area is 112 Å². The average molecular weight is 288 g/mol. The Balaban J connectivity index is 3.17. The van der Waals surface area contributed by atoms with Crippen LogP contribution in [0.2, 0.25) is 5.15 Å². The summed E-state index contributed by atoms with van der Waals surface area (Å²) in [6, 6.07) is 0. The molecule has 0 spiro atoms.